The van der Waals surface area contributed by atoms with Crippen LogP contribution in [0.4, 0.5) is 10.5 Å². The van der Waals surface area contributed by atoms with Crippen LogP contribution in [-0.2, 0) is 4.74 Å². The van der Waals surface area contributed by atoms with Crippen molar-refractivity contribution < 1.29 is 24.5 Å². The summed E-state index contributed by atoms with van der Waals surface area (Å²) >= 11 is 0. The smallest absolute Gasteiger partial charge is 0.339 e. The lowest BCUT2D eigenvalue weighted by Crippen LogP contribution is -2.31. The minimum absolute atomic E-state index is 0.273. The summed E-state index contributed by atoms with van der Waals surface area (Å²) in [6.45, 7) is 4.81. The van der Waals surface area contributed by atoms with Crippen LogP contribution in [0.2, 0.25) is 0 Å². The number of phenols is 1. The number of benzene rings is 1. The topological polar surface area (TPSA) is 108 Å². The number of carboxylic acids is 1. The maximum absolute atomic E-state index is 11.6. The van der Waals surface area contributed by atoms with Crippen LogP contribution in [0, 0.1) is 0 Å². The summed E-state index contributed by atoms with van der Waals surface area (Å²) in [5.41, 5.74) is -0.00386. The zero-order valence-electron chi connectivity index (χ0n) is 11.5. The van der Waals surface area contributed by atoms with Crippen molar-refractivity contribution in [3.05, 3.63) is 36.4 Å². The van der Waals surface area contributed by atoms with Crippen molar-refractivity contribution in [1.29, 1.82) is 0 Å². The van der Waals surface area contributed by atoms with Gasteiger partial charge in [-0.25, -0.2) is 9.59 Å². The molecule has 0 aliphatic rings. The van der Waals surface area contributed by atoms with Crippen molar-refractivity contribution in [2.75, 3.05) is 25.1 Å². The van der Waals surface area contributed by atoms with Gasteiger partial charge in [-0.05, 0) is 24.6 Å². The average Bonchev–Trinajstić information content (AvgIpc) is 2.44. The Bertz CT molecular complexity index is 516. The van der Waals surface area contributed by atoms with Crippen molar-refractivity contribution in [2.24, 2.45) is 0 Å². The Morgan fingerprint density at radius 3 is 2.76 bits per heavy atom. The van der Waals surface area contributed by atoms with Crippen molar-refractivity contribution in [2.45, 2.75) is 6.42 Å². The fourth-order valence-electron chi connectivity index (χ4n) is 1.47. The van der Waals surface area contributed by atoms with Gasteiger partial charge in [-0.2, -0.15) is 0 Å². The first-order valence-electron chi connectivity index (χ1n) is 6.34. The quantitative estimate of drug-likeness (QED) is 0.332. The van der Waals surface area contributed by atoms with E-state index in [9.17, 15) is 14.7 Å². The maximum atomic E-state index is 11.6. The number of aromatic hydroxyl groups is 1. The van der Waals surface area contributed by atoms with Gasteiger partial charge >= 0.3 is 12.0 Å². The van der Waals surface area contributed by atoms with E-state index in [0.29, 0.717) is 19.8 Å². The van der Waals surface area contributed by atoms with Crippen molar-refractivity contribution in [3.63, 3.8) is 0 Å². The first kappa shape index (κ1) is 16.5. The van der Waals surface area contributed by atoms with Crippen molar-refractivity contribution >= 4 is 17.7 Å². The van der Waals surface area contributed by atoms with Gasteiger partial charge in [0.1, 0.15) is 11.3 Å². The molecular weight excluding hydrogens is 276 g/mol. The summed E-state index contributed by atoms with van der Waals surface area (Å²) in [5, 5.41) is 23.2. The molecule has 7 heteroatoms. The Kier molecular flexibility index (Phi) is 6.76. The number of carbonyl (C=O) groups excluding carboxylic acids is 1. The fourth-order valence-corrected chi connectivity index (χ4v) is 1.47. The Morgan fingerprint density at radius 2 is 2.10 bits per heavy atom. The third-order valence-corrected chi connectivity index (χ3v) is 2.48. The predicted molar refractivity (Wildman–Crippen MR) is 77.7 cm³/mol. The van der Waals surface area contributed by atoms with Crippen LogP contribution < -0.4 is 10.6 Å². The average molecular weight is 294 g/mol. The highest BCUT2D eigenvalue weighted by molar-refractivity contribution is 5.95. The molecule has 0 radical (unpaired) electrons. The number of rotatable bonds is 8. The first-order valence-corrected chi connectivity index (χ1v) is 6.34. The van der Waals surface area contributed by atoms with E-state index in [1.165, 1.54) is 18.2 Å². The Morgan fingerprint density at radius 1 is 1.33 bits per heavy atom. The third kappa shape index (κ3) is 5.96. The van der Waals surface area contributed by atoms with Crippen LogP contribution in [0.3, 0.4) is 0 Å². The highest BCUT2D eigenvalue weighted by Crippen LogP contribution is 2.21. The van der Waals surface area contributed by atoms with Gasteiger partial charge < -0.3 is 25.6 Å². The first-order chi connectivity index (χ1) is 10.0. The normalized spacial score (nSPS) is 9.90. The number of hydrogen-bond acceptors (Lipinski definition) is 4. The van der Waals surface area contributed by atoms with Crippen LogP contribution in [0.1, 0.15) is 16.8 Å². The molecule has 7 nitrogen and oxygen atoms in total. The minimum atomic E-state index is -1.27. The second kappa shape index (κ2) is 8.60. The molecule has 0 saturated carbocycles. The van der Waals surface area contributed by atoms with E-state index < -0.39 is 12.0 Å². The minimum Gasteiger partial charge on any atom is -0.507 e. The SMILES string of the molecule is C=CCCOCCNC(=O)Nc1ccc(O)c(C(=O)O)c1. The van der Waals surface area contributed by atoms with Crippen molar-refractivity contribution in [1.82, 2.24) is 5.32 Å². The summed E-state index contributed by atoms with van der Waals surface area (Å²) in [5.74, 6) is -1.63. The Labute approximate surface area is 122 Å². The lowest BCUT2D eigenvalue weighted by Gasteiger charge is -2.09. The number of hydrogen-bond donors (Lipinski definition) is 4. The molecule has 0 atom stereocenters. The number of anilines is 1. The van der Waals surface area contributed by atoms with E-state index in [2.05, 4.69) is 17.2 Å². The van der Waals surface area contributed by atoms with Crippen LogP contribution in [0.25, 0.3) is 0 Å². The van der Waals surface area contributed by atoms with E-state index in [-0.39, 0.29) is 17.0 Å². The van der Waals surface area contributed by atoms with E-state index in [1.54, 1.807) is 6.08 Å². The van der Waals surface area contributed by atoms with E-state index >= 15 is 0 Å². The largest absolute Gasteiger partial charge is 0.507 e. The zero-order chi connectivity index (χ0) is 15.7. The molecule has 4 N–H and O–H groups in total. The number of ether oxygens (including phenoxy) is 1. The van der Waals surface area contributed by atoms with Gasteiger partial charge in [-0.15, -0.1) is 6.58 Å². The second-order valence-electron chi connectivity index (χ2n) is 4.11. The number of carboxylic acid groups (broad SMARTS) is 1. The summed E-state index contributed by atoms with van der Waals surface area (Å²) in [4.78, 5) is 22.4. The summed E-state index contributed by atoms with van der Waals surface area (Å²) in [6.07, 6.45) is 2.49. The van der Waals surface area contributed by atoms with E-state index in [1.807, 2.05) is 0 Å². The molecule has 1 aromatic carbocycles. The zero-order valence-corrected chi connectivity index (χ0v) is 11.5. The molecule has 0 aliphatic heterocycles. The van der Waals surface area contributed by atoms with Gasteiger partial charge in [-0.3, -0.25) is 0 Å². The number of nitrogens with one attached hydrogen (secondary N) is 2. The van der Waals surface area contributed by atoms with Gasteiger partial charge in [0.25, 0.3) is 0 Å². The monoisotopic (exact) mass is 294 g/mol. The van der Waals surface area contributed by atoms with E-state index in [0.717, 1.165) is 6.42 Å². The third-order valence-electron chi connectivity index (χ3n) is 2.48. The molecule has 0 unspecified atom stereocenters. The van der Waals surface area contributed by atoms with Gasteiger partial charge in [-0.1, -0.05) is 6.08 Å². The predicted octanol–water partition coefficient (Wildman–Crippen LogP) is 1.80. The van der Waals surface area contributed by atoms with Crippen LogP contribution in [0.15, 0.2) is 30.9 Å². The van der Waals surface area contributed by atoms with Gasteiger partial charge in [0, 0.05) is 12.2 Å². The lowest BCUT2D eigenvalue weighted by molar-refractivity contribution is 0.0693. The van der Waals surface area contributed by atoms with Gasteiger partial charge in [0.15, 0.2) is 0 Å². The van der Waals surface area contributed by atoms with Crippen LogP contribution in [-0.4, -0.2) is 42.0 Å². The molecule has 0 fully saturated rings. The maximum Gasteiger partial charge on any atom is 0.339 e. The number of carbonyl (C=O) groups is 2. The second-order valence-corrected chi connectivity index (χ2v) is 4.11. The van der Waals surface area contributed by atoms with Crippen molar-refractivity contribution in [3.8, 4) is 5.75 Å². The van der Waals surface area contributed by atoms with Gasteiger partial charge in [0.05, 0.1) is 13.2 Å². The highest BCUT2D eigenvalue weighted by Gasteiger charge is 2.11. The molecule has 0 heterocycles. The highest BCUT2D eigenvalue weighted by atomic mass is 16.5. The molecule has 114 valence electrons. The van der Waals surface area contributed by atoms with E-state index in [4.69, 9.17) is 9.84 Å². The lowest BCUT2D eigenvalue weighted by atomic mass is 10.2. The molecule has 2 amide bonds. The summed E-state index contributed by atoms with van der Waals surface area (Å²) in [6, 6.07) is 3.31. The number of urea groups is 1. The molecular formula is C14H18N2O5. The molecule has 0 bridgehead atoms. The molecule has 0 aliphatic carbocycles. The summed E-state index contributed by atoms with van der Waals surface area (Å²) < 4.78 is 5.22. The molecule has 0 spiro atoms. The molecule has 0 saturated heterocycles. The molecule has 21 heavy (non-hydrogen) atoms. The van der Waals surface area contributed by atoms with Crippen LogP contribution in [0.5, 0.6) is 5.75 Å². The molecule has 1 rings (SSSR count). The van der Waals surface area contributed by atoms with Gasteiger partial charge in [0.2, 0.25) is 0 Å². The standard InChI is InChI=1S/C14H18N2O5/c1-2-3-7-21-8-6-15-14(20)16-10-4-5-12(17)11(9-10)13(18)19/h2,4-5,9,17H,1,3,6-8H2,(H,18,19)(H2,15,16,20). The molecule has 0 aromatic heterocycles. The Hall–Kier alpha value is -2.54. The van der Waals surface area contributed by atoms with Crippen LogP contribution >= 0.6 is 0 Å². The summed E-state index contributed by atoms with van der Waals surface area (Å²) in [7, 11) is 0. The Balaban J connectivity index is 2.39. The number of amides is 2. The fraction of sp³-hybridized carbons (Fsp3) is 0.286. The number of aromatic carboxylic acids is 1. The molecule has 1 aromatic rings.